The number of unbranched alkanes of at least 4 members (excludes halogenated alkanes) is 3. The van der Waals surface area contributed by atoms with E-state index in [0.29, 0.717) is 29.0 Å². The lowest BCUT2D eigenvalue weighted by Gasteiger charge is -2.20. The van der Waals surface area contributed by atoms with Gasteiger partial charge in [-0.25, -0.2) is 18.0 Å². The van der Waals surface area contributed by atoms with Gasteiger partial charge in [-0.3, -0.25) is 0 Å². The largest absolute Gasteiger partial charge is 0.425 e. The third-order valence-corrected chi connectivity index (χ3v) is 9.67. The number of hydrogen-bond donors (Lipinski definition) is 1. The van der Waals surface area contributed by atoms with Crippen molar-refractivity contribution in [3.8, 4) is 5.75 Å². The highest BCUT2D eigenvalue weighted by molar-refractivity contribution is 7.89. The SMILES string of the molecule is CCCCCCc1cc2c3c(c(=O)oc2cc1OC(=O)C(Cc1ccc(Cl)cc1)NS(=O)(=O)c1ccc(C)cc1)CCC3. The number of benzene rings is 3. The number of esters is 1. The Morgan fingerprint density at radius 3 is 2.44 bits per heavy atom. The Labute approximate surface area is 257 Å². The summed E-state index contributed by atoms with van der Waals surface area (Å²) in [7, 11) is -4.06. The average Bonchev–Trinajstić information content (AvgIpc) is 3.48. The molecule has 1 atom stereocenters. The van der Waals surface area contributed by atoms with E-state index in [0.717, 1.165) is 66.2 Å². The Morgan fingerprint density at radius 1 is 1.00 bits per heavy atom. The molecule has 1 unspecified atom stereocenters. The zero-order chi connectivity index (χ0) is 30.6. The smallest absolute Gasteiger partial charge is 0.339 e. The van der Waals surface area contributed by atoms with E-state index >= 15 is 0 Å². The number of aryl methyl sites for hydroxylation is 3. The summed E-state index contributed by atoms with van der Waals surface area (Å²) in [4.78, 5) is 26.5. The maximum Gasteiger partial charge on any atom is 0.339 e. The Morgan fingerprint density at radius 2 is 1.72 bits per heavy atom. The first-order valence-electron chi connectivity index (χ1n) is 14.8. The lowest BCUT2D eigenvalue weighted by Crippen LogP contribution is -2.44. The summed E-state index contributed by atoms with van der Waals surface area (Å²) >= 11 is 6.06. The second-order valence-electron chi connectivity index (χ2n) is 11.2. The van der Waals surface area contributed by atoms with Crippen molar-refractivity contribution in [2.45, 2.75) is 82.6 Å². The fourth-order valence-electron chi connectivity index (χ4n) is 5.57. The summed E-state index contributed by atoms with van der Waals surface area (Å²) in [5, 5.41) is 1.40. The molecule has 1 aliphatic carbocycles. The lowest BCUT2D eigenvalue weighted by molar-refractivity contribution is -0.136. The monoisotopic (exact) mass is 621 g/mol. The van der Waals surface area contributed by atoms with Gasteiger partial charge in [0.15, 0.2) is 0 Å². The topological polar surface area (TPSA) is 103 Å². The number of halogens is 1. The molecule has 0 fully saturated rings. The summed E-state index contributed by atoms with van der Waals surface area (Å²) < 4.78 is 40.9. The molecule has 0 aliphatic heterocycles. The highest BCUT2D eigenvalue weighted by Crippen LogP contribution is 2.33. The van der Waals surface area contributed by atoms with Crippen molar-refractivity contribution in [1.82, 2.24) is 4.72 Å². The number of carbonyl (C=O) groups excluding carboxylic acids is 1. The molecule has 5 rings (SSSR count). The van der Waals surface area contributed by atoms with E-state index in [4.69, 9.17) is 20.8 Å². The van der Waals surface area contributed by atoms with Crippen LogP contribution in [0.15, 0.2) is 74.8 Å². The van der Waals surface area contributed by atoms with Gasteiger partial charge >= 0.3 is 11.6 Å². The average molecular weight is 622 g/mol. The van der Waals surface area contributed by atoms with Crippen molar-refractivity contribution in [2.24, 2.45) is 0 Å². The second-order valence-corrected chi connectivity index (χ2v) is 13.4. The van der Waals surface area contributed by atoms with Crippen LogP contribution in [0, 0.1) is 6.92 Å². The standard InChI is InChI=1S/C34H36ClNO6S/c1-3-4-5-6-8-24-20-29-27-9-7-10-28(27)33(37)42-32(29)21-31(24)41-34(38)30(19-23-13-15-25(35)16-14-23)36-43(39,40)26-17-11-22(2)12-18-26/h11-18,20-21,30,36H,3-10,19H2,1-2H3. The van der Waals surface area contributed by atoms with Gasteiger partial charge in [0, 0.05) is 22.0 Å². The predicted octanol–water partition coefficient (Wildman–Crippen LogP) is 6.86. The highest BCUT2D eigenvalue weighted by Gasteiger charge is 2.29. The molecule has 0 amide bonds. The molecule has 4 aromatic rings. The van der Waals surface area contributed by atoms with Crippen molar-refractivity contribution < 1.29 is 22.4 Å². The van der Waals surface area contributed by atoms with Gasteiger partial charge in [0.05, 0.1) is 4.90 Å². The van der Waals surface area contributed by atoms with Crippen LogP contribution >= 0.6 is 11.6 Å². The molecule has 0 bridgehead atoms. The fourth-order valence-corrected chi connectivity index (χ4v) is 6.88. The van der Waals surface area contributed by atoms with Crippen LogP contribution in [-0.2, 0) is 40.5 Å². The first-order valence-corrected chi connectivity index (χ1v) is 16.7. The van der Waals surface area contributed by atoms with Gasteiger partial charge in [-0.05, 0) is 92.5 Å². The maximum absolute atomic E-state index is 13.8. The minimum absolute atomic E-state index is 0.0447. The van der Waals surface area contributed by atoms with Gasteiger partial charge in [-0.15, -0.1) is 0 Å². The molecular formula is C34H36ClNO6S. The summed E-state index contributed by atoms with van der Waals surface area (Å²) in [5.41, 5.74) is 4.17. The van der Waals surface area contributed by atoms with Crippen LogP contribution in [0.25, 0.3) is 11.0 Å². The van der Waals surface area contributed by atoms with Crippen LogP contribution in [0.5, 0.6) is 5.75 Å². The third-order valence-electron chi connectivity index (χ3n) is 7.93. The molecule has 0 radical (unpaired) electrons. The van der Waals surface area contributed by atoms with Gasteiger partial charge in [-0.1, -0.05) is 67.6 Å². The van der Waals surface area contributed by atoms with Crippen LogP contribution in [-0.4, -0.2) is 20.4 Å². The minimum atomic E-state index is -4.06. The summed E-state index contributed by atoms with van der Waals surface area (Å²) in [6.07, 6.45) is 7.22. The van der Waals surface area contributed by atoms with E-state index in [-0.39, 0.29) is 22.7 Å². The van der Waals surface area contributed by atoms with E-state index in [2.05, 4.69) is 11.6 Å². The number of hydrogen-bond acceptors (Lipinski definition) is 6. The molecular weight excluding hydrogens is 586 g/mol. The molecule has 0 saturated heterocycles. The molecule has 226 valence electrons. The molecule has 1 heterocycles. The van der Waals surface area contributed by atoms with Crippen molar-refractivity contribution in [2.75, 3.05) is 0 Å². The van der Waals surface area contributed by atoms with E-state index < -0.39 is 22.0 Å². The second kappa shape index (κ2) is 13.5. The molecule has 9 heteroatoms. The molecule has 43 heavy (non-hydrogen) atoms. The van der Waals surface area contributed by atoms with Gasteiger partial charge < -0.3 is 9.15 Å². The maximum atomic E-state index is 13.8. The first kappa shape index (κ1) is 31.0. The minimum Gasteiger partial charge on any atom is -0.425 e. The number of fused-ring (bicyclic) bond motifs is 3. The predicted molar refractivity (Wildman–Crippen MR) is 168 cm³/mol. The Bertz CT molecular complexity index is 1780. The summed E-state index contributed by atoms with van der Waals surface area (Å²) in [6.45, 7) is 4.01. The molecule has 1 aromatic heterocycles. The number of carbonyl (C=O) groups is 1. The number of rotatable bonds is 12. The van der Waals surface area contributed by atoms with E-state index in [1.54, 1.807) is 42.5 Å². The van der Waals surface area contributed by atoms with E-state index in [1.807, 2.05) is 13.0 Å². The molecule has 1 N–H and O–H groups in total. The van der Waals surface area contributed by atoms with Crippen molar-refractivity contribution in [3.63, 3.8) is 0 Å². The normalized spacial score (nSPS) is 13.7. The van der Waals surface area contributed by atoms with Crippen LogP contribution in [0.2, 0.25) is 5.02 Å². The quantitative estimate of drug-likeness (QED) is 0.0802. The lowest BCUT2D eigenvalue weighted by atomic mass is 9.99. The number of sulfonamides is 1. The molecule has 3 aromatic carbocycles. The van der Waals surface area contributed by atoms with E-state index in [1.165, 1.54) is 12.1 Å². The van der Waals surface area contributed by atoms with Crippen molar-refractivity contribution in [3.05, 3.63) is 104 Å². The molecule has 0 saturated carbocycles. The third kappa shape index (κ3) is 7.37. The van der Waals surface area contributed by atoms with Gasteiger partial charge in [0.1, 0.15) is 17.4 Å². The fraction of sp³-hybridized carbons (Fsp3) is 0.353. The van der Waals surface area contributed by atoms with Crippen molar-refractivity contribution >= 4 is 38.6 Å². The zero-order valence-electron chi connectivity index (χ0n) is 24.5. The van der Waals surface area contributed by atoms with Gasteiger partial charge in [0.25, 0.3) is 0 Å². The van der Waals surface area contributed by atoms with Crippen LogP contribution in [0.4, 0.5) is 0 Å². The Balaban J connectivity index is 1.50. The van der Waals surface area contributed by atoms with Crippen molar-refractivity contribution in [1.29, 1.82) is 0 Å². The Hall–Kier alpha value is -3.46. The summed E-state index contributed by atoms with van der Waals surface area (Å²) in [5.74, 6) is -0.492. The Kier molecular flexibility index (Phi) is 9.69. The number of nitrogens with one attached hydrogen (secondary N) is 1. The molecule has 1 aliphatic rings. The highest BCUT2D eigenvalue weighted by atomic mass is 35.5. The molecule has 7 nitrogen and oxygen atoms in total. The van der Waals surface area contributed by atoms with Gasteiger partial charge in [0.2, 0.25) is 10.0 Å². The van der Waals surface area contributed by atoms with Crippen LogP contribution < -0.4 is 15.1 Å². The first-order chi connectivity index (χ1) is 20.6. The van der Waals surface area contributed by atoms with E-state index in [9.17, 15) is 18.0 Å². The van der Waals surface area contributed by atoms with Gasteiger partial charge in [-0.2, -0.15) is 4.72 Å². The summed E-state index contributed by atoms with van der Waals surface area (Å²) in [6, 6.07) is 15.6. The van der Waals surface area contributed by atoms with Crippen LogP contribution in [0.3, 0.4) is 0 Å². The number of ether oxygens (including phenoxy) is 1. The zero-order valence-corrected chi connectivity index (χ0v) is 26.0. The molecule has 0 spiro atoms. The van der Waals surface area contributed by atoms with Crippen LogP contribution in [0.1, 0.15) is 66.8 Å².